The van der Waals surface area contributed by atoms with Crippen LogP contribution in [-0.4, -0.2) is 26.2 Å². The monoisotopic (exact) mass is 161 g/mol. The van der Waals surface area contributed by atoms with E-state index in [2.05, 4.69) is 10.2 Å². The molecule has 0 atom stereocenters. The Kier molecular flexibility index (Phi) is 5.78. The molecule has 0 radical (unpaired) electrons. The molecular weight excluding hydrogens is 146 g/mol. The molecule has 11 heavy (non-hydrogen) atoms. The fraction of sp³-hybridized carbons (Fsp3) is 0.857. The molecule has 0 aromatic carbocycles. The van der Waals surface area contributed by atoms with Gasteiger partial charge in [0.05, 0.1) is 6.61 Å². The van der Waals surface area contributed by atoms with Crippen LogP contribution in [0, 0.1) is 5.92 Å². The Morgan fingerprint density at radius 2 is 2.18 bits per heavy atom. The summed E-state index contributed by atoms with van der Waals surface area (Å²) in [5.41, 5.74) is 2.25. The zero-order chi connectivity index (χ0) is 8.69. The quantitative estimate of drug-likeness (QED) is 0.591. The van der Waals surface area contributed by atoms with Gasteiger partial charge in [0.2, 0.25) is 0 Å². The van der Waals surface area contributed by atoms with Crippen molar-refractivity contribution in [3.05, 3.63) is 0 Å². The van der Waals surface area contributed by atoms with Crippen LogP contribution in [0.5, 0.6) is 0 Å². The molecule has 0 spiro atoms. The van der Waals surface area contributed by atoms with Crippen molar-refractivity contribution in [2.45, 2.75) is 13.8 Å². The number of hydrogen-bond acceptors (Lipinski definition) is 3. The van der Waals surface area contributed by atoms with Crippen molar-refractivity contribution in [3.8, 4) is 0 Å². The molecule has 0 aromatic heterocycles. The molecule has 1 amide bonds. The standard InChI is InChI=1S/C7H15NO3/c1-6(2)4-11-8-7(9)5-10-3/h6H,4-5H2,1-3H3,(H,8,9). The van der Waals surface area contributed by atoms with Crippen molar-refractivity contribution in [1.29, 1.82) is 0 Å². The number of nitrogens with one attached hydrogen (secondary N) is 1. The predicted molar refractivity (Wildman–Crippen MR) is 40.8 cm³/mol. The minimum absolute atomic E-state index is 0.0398. The average Bonchev–Trinajstić information content (AvgIpc) is 1.87. The van der Waals surface area contributed by atoms with Crippen LogP contribution in [0.25, 0.3) is 0 Å². The highest BCUT2D eigenvalue weighted by molar-refractivity contribution is 5.75. The molecule has 4 heteroatoms. The molecule has 0 rings (SSSR count). The number of ether oxygens (including phenoxy) is 1. The van der Waals surface area contributed by atoms with Gasteiger partial charge in [-0.15, -0.1) is 0 Å². The lowest BCUT2D eigenvalue weighted by molar-refractivity contribution is -0.138. The Labute approximate surface area is 66.8 Å². The van der Waals surface area contributed by atoms with Gasteiger partial charge in [-0.3, -0.25) is 9.63 Å². The highest BCUT2D eigenvalue weighted by Gasteiger charge is 1.99. The maximum atomic E-state index is 10.7. The van der Waals surface area contributed by atoms with Crippen LogP contribution in [-0.2, 0) is 14.4 Å². The first-order valence-electron chi connectivity index (χ1n) is 3.56. The van der Waals surface area contributed by atoms with E-state index in [1.807, 2.05) is 13.8 Å². The van der Waals surface area contributed by atoms with Crippen LogP contribution in [0.2, 0.25) is 0 Å². The van der Waals surface area contributed by atoms with E-state index in [9.17, 15) is 4.79 Å². The number of hydrogen-bond donors (Lipinski definition) is 1. The van der Waals surface area contributed by atoms with Gasteiger partial charge in [0.1, 0.15) is 6.61 Å². The summed E-state index contributed by atoms with van der Waals surface area (Å²) in [4.78, 5) is 15.5. The third kappa shape index (κ3) is 7.29. The van der Waals surface area contributed by atoms with E-state index in [-0.39, 0.29) is 12.5 Å². The first-order valence-corrected chi connectivity index (χ1v) is 3.56. The summed E-state index contributed by atoms with van der Waals surface area (Å²) in [6.07, 6.45) is 0. The van der Waals surface area contributed by atoms with Gasteiger partial charge in [0, 0.05) is 7.11 Å². The highest BCUT2D eigenvalue weighted by Crippen LogP contribution is 1.89. The number of rotatable bonds is 5. The van der Waals surface area contributed by atoms with Gasteiger partial charge in [0.25, 0.3) is 5.91 Å². The molecule has 66 valence electrons. The molecule has 0 aliphatic rings. The summed E-state index contributed by atoms with van der Waals surface area (Å²) >= 11 is 0. The van der Waals surface area contributed by atoms with Crippen molar-refractivity contribution in [2.75, 3.05) is 20.3 Å². The third-order valence-electron chi connectivity index (χ3n) is 0.878. The van der Waals surface area contributed by atoms with Gasteiger partial charge in [-0.1, -0.05) is 13.8 Å². The molecule has 0 aliphatic heterocycles. The van der Waals surface area contributed by atoms with Gasteiger partial charge >= 0.3 is 0 Å². The van der Waals surface area contributed by atoms with Gasteiger partial charge < -0.3 is 4.74 Å². The van der Waals surface area contributed by atoms with Gasteiger partial charge in [-0.2, -0.15) is 0 Å². The van der Waals surface area contributed by atoms with Gasteiger partial charge in [-0.05, 0) is 5.92 Å². The van der Waals surface area contributed by atoms with E-state index in [0.29, 0.717) is 12.5 Å². The maximum Gasteiger partial charge on any atom is 0.269 e. The topological polar surface area (TPSA) is 47.6 Å². The summed E-state index contributed by atoms with van der Waals surface area (Å²) in [5.74, 6) is 0.158. The molecule has 0 saturated heterocycles. The van der Waals surface area contributed by atoms with E-state index in [0.717, 1.165) is 0 Å². The van der Waals surface area contributed by atoms with Crippen LogP contribution < -0.4 is 5.48 Å². The largest absolute Gasteiger partial charge is 0.375 e. The maximum absolute atomic E-state index is 10.7. The lowest BCUT2D eigenvalue weighted by Gasteiger charge is -2.06. The molecule has 0 aromatic rings. The van der Waals surface area contributed by atoms with E-state index >= 15 is 0 Å². The fourth-order valence-corrected chi connectivity index (χ4v) is 0.449. The number of hydroxylamine groups is 1. The smallest absolute Gasteiger partial charge is 0.269 e. The van der Waals surface area contributed by atoms with Crippen LogP contribution in [0.3, 0.4) is 0 Å². The SMILES string of the molecule is COCC(=O)NOCC(C)C. The minimum atomic E-state index is -0.256. The molecule has 0 heterocycles. The molecule has 0 fully saturated rings. The second-order valence-electron chi connectivity index (χ2n) is 2.66. The van der Waals surface area contributed by atoms with Crippen molar-refractivity contribution >= 4 is 5.91 Å². The normalized spacial score (nSPS) is 10.2. The van der Waals surface area contributed by atoms with E-state index in [4.69, 9.17) is 4.84 Å². The molecule has 0 aliphatic carbocycles. The van der Waals surface area contributed by atoms with Crippen LogP contribution in [0.15, 0.2) is 0 Å². The molecule has 1 N–H and O–H groups in total. The lowest BCUT2D eigenvalue weighted by atomic mass is 10.2. The first kappa shape index (κ1) is 10.4. The summed E-state index contributed by atoms with van der Waals surface area (Å²) in [6, 6.07) is 0. The Bertz CT molecular complexity index is 114. The molecule has 4 nitrogen and oxygen atoms in total. The summed E-state index contributed by atoms with van der Waals surface area (Å²) in [7, 11) is 1.46. The van der Waals surface area contributed by atoms with E-state index < -0.39 is 0 Å². The summed E-state index contributed by atoms with van der Waals surface area (Å²) < 4.78 is 4.57. The van der Waals surface area contributed by atoms with Gasteiger partial charge in [-0.25, -0.2) is 5.48 Å². The molecule has 0 saturated carbocycles. The van der Waals surface area contributed by atoms with E-state index in [1.165, 1.54) is 7.11 Å². The predicted octanol–water partition coefficient (Wildman–Crippen LogP) is 0.337. The summed E-state index contributed by atoms with van der Waals surface area (Å²) in [5, 5.41) is 0. The highest BCUT2D eigenvalue weighted by atomic mass is 16.7. The number of carbonyl (C=O) groups is 1. The molecule has 0 bridgehead atoms. The minimum Gasteiger partial charge on any atom is -0.375 e. The molecular formula is C7H15NO3. The van der Waals surface area contributed by atoms with Crippen LogP contribution in [0.1, 0.15) is 13.8 Å². The van der Waals surface area contributed by atoms with Crippen molar-refractivity contribution < 1.29 is 14.4 Å². The third-order valence-corrected chi connectivity index (χ3v) is 0.878. The number of methoxy groups -OCH3 is 1. The van der Waals surface area contributed by atoms with Crippen molar-refractivity contribution in [1.82, 2.24) is 5.48 Å². The van der Waals surface area contributed by atoms with Crippen LogP contribution >= 0.6 is 0 Å². The number of carbonyl (C=O) groups excluding carboxylic acids is 1. The Morgan fingerprint density at radius 3 is 2.64 bits per heavy atom. The average molecular weight is 161 g/mol. The Hall–Kier alpha value is -0.610. The lowest BCUT2D eigenvalue weighted by Crippen LogP contribution is -2.28. The van der Waals surface area contributed by atoms with Crippen molar-refractivity contribution in [2.24, 2.45) is 5.92 Å². The zero-order valence-electron chi connectivity index (χ0n) is 7.22. The second-order valence-corrected chi connectivity index (χ2v) is 2.66. The Morgan fingerprint density at radius 1 is 1.55 bits per heavy atom. The first-order chi connectivity index (χ1) is 5.16. The Balaban J connectivity index is 3.17. The van der Waals surface area contributed by atoms with Gasteiger partial charge in [0.15, 0.2) is 0 Å². The fourth-order valence-electron chi connectivity index (χ4n) is 0.449. The zero-order valence-corrected chi connectivity index (χ0v) is 7.22. The van der Waals surface area contributed by atoms with Crippen LogP contribution in [0.4, 0.5) is 0 Å². The van der Waals surface area contributed by atoms with E-state index in [1.54, 1.807) is 0 Å². The molecule has 0 unspecified atom stereocenters. The number of amides is 1. The van der Waals surface area contributed by atoms with Crippen molar-refractivity contribution in [3.63, 3.8) is 0 Å². The second kappa shape index (κ2) is 6.12. The summed E-state index contributed by atoms with van der Waals surface area (Å²) in [6.45, 7) is 4.57.